The molecule has 0 saturated carbocycles. The van der Waals surface area contributed by atoms with Crippen molar-refractivity contribution in [1.29, 1.82) is 0 Å². The van der Waals surface area contributed by atoms with Gasteiger partial charge in [-0.05, 0) is 48.5 Å². The lowest BCUT2D eigenvalue weighted by Gasteiger charge is -2.11. The molecule has 0 spiro atoms. The minimum Gasteiger partial charge on any atom is -0.488 e. The Bertz CT molecular complexity index is 992. The summed E-state index contributed by atoms with van der Waals surface area (Å²) in [6.07, 6.45) is 1.62. The maximum atomic E-state index is 12.3. The lowest BCUT2D eigenvalue weighted by Crippen LogP contribution is -2.27. The number of nitro benzene ring substituents is 1. The number of nitrogens with zero attached hydrogens (tertiary/aromatic N) is 2. The molecule has 1 fully saturated rings. The molecule has 0 radical (unpaired) electrons. The second-order valence-electron chi connectivity index (χ2n) is 5.82. The van der Waals surface area contributed by atoms with Crippen LogP contribution in [0.5, 0.6) is 5.75 Å². The van der Waals surface area contributed by atoms with E-state index in [4.69, 9.17) is 4.74 Å². The molecule has 9 heteroatoms. The molecule has 3 rings (SSSR count). The van der Waals surface area contributed by atoms with Crippen molar-refractivity contribution in [2.24, 2.45) is 0 Å². The van der Waals surface area contributed by atoms with Crippen LogP contribution in [0.15, 0.2) is 51.8 Å². The fraction of sp³-hybridized carbons (Fsp3) is 0.158. The third-order valence-corrected chi connectivity index (χ3v) is 5.36. The van der Waals surface area contributed by atoms with Gasteiger partial charge in [-0.2, -0.15) is 0 Å². The molecular weight excluding hydrogens is 448 g/mol. The zero-order chi connectivity index (χ0) is 20.3. The first-order chi connectivity index (χ1) is 13.4. The van der Waals surface area contributed by atoms with Gasteiger partial charge in [0.25, 0.3) is 16.8 Å². The van der Waals surface area contributed by atoms with Crippen LogP contribution in [0.2, 0.25) is 0 Å². The third kappa shape index (κ3) is 4.42. The first kappa shape index (κ1) is 20.1. The van der Waals surface area contributed by atoms with Crippen LogP contribution in [-0.2, 0) is 11.4 Å². The number of hydrogen-bond acceptors (Lipinski definition) is 6. The maximum Gasteiger partial charge on any atom is 0.293 e. The van der Waals surface area contributed by atoms with Gasteiger partial charge in [0.1, 0.15) is 12.4 Å². The molecule has 1 saturated heterocycles. The van der Waals surface area contributed by atoms with Gasteiger partial charge in [0.15, 0.2) is 0 Å². The molecule has 1 aliphatic heterocycles. The molecule has 144 valence electrons. The van der Waals surface area contributed by atoms with Crippen LogP contribution in [0, 0.1) is 10.1 Å². The number of imide groups is 1. The molecule has 0 N–H and O–H groups in total. The van der Waals surface area contributed by atoms with Gasteiger partial charge < -0.3 is 4.74 Å². The van der Waals surface area contributed by atoms with E-state index in [1.165, 1.54) is 17.0 Å². The topological polar surface area (TPSA) is 89.8 Å². The van der Waals surface area contributed by atoms with Crippen molar-refractivity contribution >= 4 is 50.6 Å². The van der Waals surface area contributed by atoms with Crippen molar-refractivity contribution in [3.8, 4) is 5.75 Å². The van der Waals surface area contributed by atoms with Crippen LogP contribution in [0.25, 0.3) is 6.08 Å². The minimum absolute atomic E-state index is 0.00892. The van der Waals surface area contributed by atoms with Gasteiger partial charge in [-0.1, -0.05) is 28.1 Å². The van der Waals surface area contributed by atoms with Crippen LogP contribution < -0.4 is 4.74 Å². The van der Waals surface area contributed by atoms with Crippen LogP contribution in [-0.4, -0.2) is 27.5 Å². The van der Waals surface area contributed by atoms with Gasteiger partial charge in [0.2, 0.25) is 0 Å². The first-order valence-electron chi connectivity index (χ1n) is 8.30. The lowest BCUT2D eigenvalue weighted by molar-refractivity contribution is -0.384. The van der Waals surface area contributed by atoms with Crippen LogP contribution in [0.3, 0.4) is 0 Å². The molecule has 0 atom stereocenters. The Morgan fingerprint density at radius 2 is 2.04 bits per heavy atom. The Kier molecular flexibility index (Phi) is 6.15. The highest BCUT2D eigenvalue weighted by Crippen LogP contribution is 2.35. The molecule has 1 heterocycles. The number of halogens is 1. The summed E-state index contributed by atoms with van der Waals surface area (Å²) in [4.78, 5) is 36.2. The molecule has 0 unspecified atom stereocenters. The minimum atomic E-state index is -0.460. The molecule has 2 aromatic carbocycles. The first-order valence-corrected chi connectivity index (χ1v) is 9.91. The van der Waals surface area contributed by atoms with Gasteiger partial charge in [-0.15, -0.1) is 0 Å². The van der Waals surface area contributed by atoms with Gasteiger partial charge in [0, 0.05) is 28.7 Å². The summed E-state index contributed by atoms with van der Waals surface area (Å²) in [7, 11) is 0. The summed E-state index contributed by atoms with van der Waals surface area (Å²) in [6, 6.07) is 11.5. The largest absolute Gasteiger partial charge is 0.488 e. The van der Waals surface area contributed by atoms with E-state index >= 15 is 0 Å². The monoisotopic (exact) mass is 462 g/mol. The summed E-state index contributed by atoms with van der Waals surface area (Å²) in [6.45, 7) is 2.18. The molecule has 0 bridgehead atoms. The van der Waals surface area contributed by atoms with Gasteiger partial charge in [0.05, 0.1) is 9.83 Å². The average molecular weight is 463 g/mol. The number of ether oxygens (including phenoxy) is 1. The van der Waals surface area contributed by atoms with E-state index in [9.17, 15) is 19.7 Å². The number of thioether (sulfide) groups is 1. The summed E-state index contributed by atoms with van der Waals surface area (Å²) in [5.74, 6) is 0.167. The number of benzene rings is 2. The second-order valence-corrected chi connectivity index (χ2v) is 7.73. The number of carbonyl (C=O) groups excluding carboxylic acids is 2. The van der Waals surface area contributed by atoms with E-state index in [0.717, 1.165) is 16.2 Å². The molecule has 7 nitrogen and oxygen atoms in total. The fourth-order valence-electron chi connectivity index (χ4n) is 2.60. The Morgan fingerprint density at radius 3 is 2.71 bits per heavy atom. The Balaban J connectivity index is 1.85. The van der Waals surface area contributed by atoms with Crippen LogP contribution in [0.1, 0.15) is 18.1 Å². The fourth-order valence-corrected chi connectivity index (χ4v) is 3.87. The van der Waals surface area contributed by atoms with Crippen molar-refractivity contribution in [1.82, 2.24) is 4.90 Å². The number of likely N-dealkylation sites (N-methyl/N-ethyl adjacent to an activating group) is 1. The van der Waals surface area contributed by atoms with Crippen molar-refractivity contribution in [2.75, 3.05) is 6.54 Å². The standard InChI is InChI=1S/C19H15BrN2O5S/c1-2-21-18(23)17(28-19(21)24)10-13-9-14(20)6-7-16(13)27-11-12-4-3-5-15(8-12)22(25)26/h3-10H,2,11H2,1H3. The number of hydrogen-bond donors (Lipinski definition) is 0. The van der Waals surface area contributed by atoms with Crippen molar-refractivity contribution in [3.05, 3.63) is 73.1 Å². The van der Waals surface area contributed by atoms with E-state index < -0.39 is 4.92 Å². The number of amides is 2. The molecule has 2 amide bonds. The average Bonchev–Trinajstić information content (AvgIpc) is 2.94. The molecule has 28 heavy (non-hydrogen) atoms. The van der Waals surface area contributed by atoms with E-state index in [2.05, 4.69) is 15.9 Å². The van der Waals surface area contributed by atoms with E-state index in [1.807, 2.05) is 0 Å². The van der Waals surface area contributed by atoms with E-state index in [-0.39, 0.29) is 23.4 Å². The van der Waals surface area contributed by atoms with Gasteiger partial charge in [-0.3, -0.25) is 24.6 Å². The van der Waals surface area contributed by atoms with Crippen LogP contribution in [0.4, 0.5) is 10.5 Å². The predicted octanol–water partition coefficient (Wildman–Crippen LogP) is 4.99. The van der Waals surface area contributed by atoms with Crippen molar-refractivity contribution in [3.63, 3.8) is 0 Å². The van der Waals surface area contributed by atoms with E-state index in [1.54, 1.807) is 43.3 Å². The molecule has 0 aromatic heterocycles. The summed E-state index contributed by atoms with van der Waals surface area (Å²) in [5.41, 5.74) is 1.26. The van der Waals surface area contributed by atoms with Crippen molar-refractivity contribution < 1.29 is 19.2 Å². The number of carbonyl (C=O) groups is 2. The summed E-state index contributed by atoms with van der Waals surface area (Å²) < 4.78 is 6.62. The Hall–Kier alpha value is -2.65. The predicted molar refractivity (Wildman–Crippen MR) is 110 cm³/mol. The zero-order valence-corrected chi connectivity index (χ0v) is 17.2. The number of nitro groups is 1. The molecule has 1 aliphatic rings. The van der Waals surface area contributed by atoms with Gasteiger partial charge in [-0.25, -0.2) is 0 Å². The SMILES string of the molecule is CCN1C(=O)SC(=Cc2cc(Br)ccc2OCc2cccc([N+](=O)[O-])c2)C1=O. The second kappa shape index (κ2) is 8.57. The summed E-state index contributed by atoms with van der Waals surface area (Å²) in [5, 5.41) is 10.6. The van der Waals surface area contributed by atoms with E-state index in [0.29, 0.717) is 28.3 Å². The van der Waals surface area contributed by atoms with Crippen LogP contribution >= 0.6 is 27.7 Å². The maximum absolute atomic E-state index is 12.3. The van der Waals surface area contributed by atoms with Crippen molar-refractivity contribution in [2.45, 2.75) is 13.5 Å². The summed E-state index contributed by atoms with van der Waals surface area (Å²) >= 11 is 4.28. The smallest absolute Gasteiger partial charge is 0.293 e. The number of non-ortho nitro benzene ring substituents is 1. The molecule has 0 aliphatic carbocycles. The van der Waals surface area contributed by atoms with Gasteiger partial charge >= 0.3 is 0 Å². The molecule has 2 aromatic rings. The third-order valence-electron chi connectivity index (χ3n) is 3.96. The molecular formula is C19H15BrN2O5S. The Labute approximate surface area is 173 Å². The Morgan fingerprint density at radius 1 is 1.25 bits per heavy atom. The zero-order valence-electron chi connectivity index (χ0n) is 14.8. The highest BCUT2D eigenvalue weighted by atomic mass is 79.9. The highest BCUT2D eigenvalue weighted by molar-refractivity contribution is 9.10. The highest BCUT2D eigenvalue weighted by Gasteiger charge is 2.33. The number of rotatable bonds is 6. The lowest BCUT2D eigenvalue weighted by atomic mass is 10.1. The normalized spacial score (nSPS) is 15.4. The quantitative estimate of drug-likeness (QED) is 0.341.